The summed E-state index contributed by atoms with van der Waals surface area (Å²) >= 11 is 0. The molecule has 0 aliphatic heterocycles. The van der Waals surface area contributed by atoms with Gasteiger partial charge in [-0.1, -0.05) is 30.3 Å². The Balaban J connectivity index is 2.07. The van der Waals surface area contributed by atoms with Gasteiger partial charge in [0, 0.05) is 19.7 Å². The van der Waals surface area contributed by atoms with E-state index in [-0.39, 0.29) is 24.0 Å². The van der Waals surface area contributed by atoms with Crippen molar-refractivity contribution in [3.8, 4) is 0 Å². The molecule has 1 aromatic heterocycles. The summed E-state index contributed by atoms with van der Waals surface area (Å²) in [5.41, 5.74) is 0.989. The van der Waals surface area contributed by atoms with Crippen LogP contribution in [0.2, 0.25) is 0 Å². The van der Waals surface area contributed by atoms with E-state index in [4.69, 9.17) is 9.15 Å². The highest BCUT2D eigenvalue weighted by Gasteiger charge is 2.17. The summed E-state index contributed by atoms with van der Waals surface area (Å²) in [5.74, 6) is -0.551. The van der Waals surface area contributed by atoms with Gasteiger partial charge < -0.3 is 18.8 Å². The van der Waals surface area contributed by atoms with Crippen LogP contribution in [0.4, 0.5) is 0 Å². The summed E-state index contributed by atoms with van der Waals surface area (Å²) in [7, 11) is 2.82. The molecule has 1 heterocycles. The van der Waals surface area contributed by atoms with E-state index in [0.29, 0.717) is 13.2 Å². The lowest BCUT2D eigenvalue weighted by molar-refractivity contribution is -0.127. The molecular weight excluding hydrogens is 324 g/mol. The van der Waals surface area contributed by atoms with Crippen LogP contribution in [0.1, 0.15) is 21.9 Å². The Labute approximate surface area is 145 Å². The molecule has 2 rings (SSSR count). The summed E-state index contributed by atoms with van der Waals surface area (Å²) in [4.78, 5) is 29.4. The van der Waals surface area contributed by atoms with Crippen molar-refractivity contribution in [2.45, 2.75) is 6.54 Å². The predicted molar refractivity (Wildman–Crippen MR) is 90.6 cm³/mol. The molecule has 0 aliphatic rings. The van der Waals surface area contributed by atoms with E-state index >= 15 is 0 Å². The molecule has 0 radical (unpaired) electrons. The number of methoxy groups -OCH3 is 2. The zero-order chi connectivity index (χ0) is 18.1. The minimum absolute atomic E-state index is 0.0662. The number of nitrogens with zero attached hydrogens (tertiary/aromatic N) is 2. The first kappa shape index (κ1) is 18.4. The van der Waals surface area contributed by atoms with Gasteiger partial charge in [-0.05, 0) is 11.6 Å². The van der Waals surface area contributed by atoms with Crippen LogP contribution in [-0.4, -0.2) is 49.1 Å². The van der Waals surface area contributed by atoms with Gasteiger partial charge in [-0.15, -0.1) is 0 Å². The van der Waals surface area contributed by atoms with Gasteiger partial charge in [0.05, 0.1) is 20.3 Å². The standard InChI is InChI=1S/C18H20N2O5/c1-23-11-10-20(12-16-19-15(13-25-16)18(22)24-2)17(21)9-8-14-6-4-3-5-7-14/h3-9,13H,10-12H2,1-2H3. The van der Waals surface area contributed by atoms with Crippen LogP contribution in [0.15, 0.2) is 47.1 Å². The van der Waals surface area contributed by atoms with E-state index < -0.39 is 5.97 Å². The van der Waals surface area contributed by atoms with Gasteiger partial charge in [0.25, 0.3) is 0 Å². The van der Waals surface area contributed by atoms with Gasteiger partial charge in [0.15, 0.2) is 5.69 Å². The second-order valence-electron chi connectivity index (χ2n) is 5.11. The van der Waals surface area contributed by atoms with Crippen LogP contribution in [0.5, 0.6) is 0 Å². The average molecular weight is 344 g/mol. The smallest absolute Gasteiger partial charge is 0.360 e. The number of hydrogen-bond donors (Lipinski definition) is 0. The molecule has 132 valence electrons. The quantitative estimate of drug-likeness (QED) is 0.539. The molecule has 0 saturated carbocycles. The van der Waals surface area contributed by atoms with Crippen LogP contribution in [0.3, 0.4) is 0 Å². The Morgan fingerprint density at radius 2 is 2.00 bits per heavy atom. The largest absolute Gasteiger partial charge is 0.464 e. The molecular formula is C18H20N2O5. The summed E-state index contributed by atoms with van der Waals surface area (Å²) in [6.45, 7) is 0.859. The summed E-state index contributed by atoms with van der Waals surface area (Å²) in [6, 6.07) is 9.51. The second kappa shape index (κ2) is 9.39. The first-order valence-electron chi connectivity index (χ1n) is 7.67. The second-order valence-corrected chi connectivity index (χ2v) is 5.11. The van der Waals surface area contributed by atoms with Crippen LogP contribution >= 0.6 is 0 Å². The van der Waals surface area contributed by atoms with Crippen molar-refractivity contribution < 1.29 is 23.5 Å². The van der Waals surface area contributed by atoms with Crippen LogP contribution in [-0.2, 0) is 20.8 Å². The molecule has 0 bridgehead atoms. The molecule has 0 saturated heterocycles. The molecule has 0 atom stereocenters. The topological polar surface area (TPSA) is 81.9 Å². The SMILES string of the molecule is COCCN(Cc1nc(C(=O)OC)co1)C(=O)C=Cc1ccccc1. The minimum atomic E-state index is -0.589. The highest BCUT2D eigenvalue weighted by Crippen LogP contribution is 2.09. The molecule has 1 amide bonds. The third-order valence-corrected chi connectivity index (χ3v) is 3.37. The van der Waals surface area contributed by atoms with Crippen molar-refractivity contribution in [2.75, 3.05) is 27.4 Å². The minimum Gasteiger partial charge on any atom is -0.464 e. The van der Waals surface area contributed by atoms with E-state index in [9.17, 15) is 9.59 Å². The number of rotatable bonds is 8. The zero-order valence-corrected chi connectivity index (χ0v) is 14.2. The molecule has 25 heavy (non-hydrogen) atoms. The fourth-order valence-corrected chi connectivity index (χ4v) is 2.05. The summed E-state index contributed by atoms with van der Waals surface area (Å²) in [5, 5.41) is 0. The molecule has 0 spiro atoms. The normalized spacial score (nSPS) is 10.8. The lowest BCUT2D eigenvalue weighted by atomic mass is 10.2. The molecule has 0 fully saturated rings. The van der Waals surface area contributed by atoms with E-state index in [2.05, 4.69) is 9.72 Å². The number of benzene rings is 1. The highest BCUT2D eigenvalue weighted by molar-refractivity contribution is 5.91. The van der Waals surface area contributed by atoms with E-state index in [0.717, 1.165) is 5.56 Å². The third kappa shape index (κ3) is 5.58. The van der Waals surface area contributed by atoms with E-state index in [1.807, 2.05) is 30.3 Å². The first-order valence-corrected chi connectivity index (χ1v) is 7.67. The number of amides is 1. The van der Waals surface area contributed by atoms with Gasteiger partial charge >= 0.3 is 5.97 Å². The van der Waals surface area contributed by atoms with Crippen LogP contribution < -0.4 is 0 Å². The summed E-state index contributed by atoms with van der Waals surface area (Å²) < 4.78 is 14.9. The Kier molecular flexibility index (Phi) is 6.91. The number of aromatic nitrogens is 1. The fraction of sp³-hybridized carbons (Fsp3) is 0.278. The number of esters is 1. The van der Waals surface area contributed by atoms with Gasteiger partial charge in [0.2, 0.25) is 11.8 Å². The van der Waals surface area contributed by atoms with Crippen LogP contribution in [0.25, 0.3) is 6.08 Å². The molecule has 1 aromatic carbocycles. The lowest BCUT2D eigenvalue weighted by Gasteiger charge is -2.18. The van der Waals surface area contributed by atoms with Crippen molar-refractivity contribution in [1.29, 1.82) is 0 Å². The zero-order valence-electron chi connectivity index (χ0n) is 14.2. The number of carbonyl (C=O) groups is 2. The monoisotopic (exact) mass is 344 g/mol. The first-order chi connectivity index (χ1) is 12.1. The maximum Gasteiger partial charge on any atom is 0.360 e. The molecule has 7 heteroatoms. The number of ether oxygens (including phenoxy) is 2. The molecule has 7 nitrogen and oxygen atoms in total. The Bertz CT molecular complexity index is 724. The van der Waals surface area contributed by atoms with Gasteiger partial charge in [-0.3, -0.25) is 4.79 Å². The fourth-order valence-electron chi connectivity index (χ4n) is 2.05. The average Bonchev–Trinajstić information content (AvgIpc) is 3.12. The maximum atomic E-state index is 12.4. The van der Waals surface area contributed by atoms with Crippen molar-refractivity contribution in [2.24, 2.45) is 0 Å². The van der Waals surface area contributed by atoms with Crippen molar-refractivity contribution in [1.82, 2.24) is 9.88 Å². The predicted octanol–water partition coefficient (Wildman–Crippen LogP) is 2.15. The third-order valence-electron chi connectivity index (χ3n) is 3.37. The lowest BCUT2D eigenvalue weighted by Crippen LogP contribution is -2.32. The summed E-state index contributed by atoms with van der Waals surface area (Å²) in [6.07, 6.45) is 4.42. The number of carbonyl (C=O) groups excluding carboxylic acids is 2. The van der Waals surface area contributed by atoms with Crippen molar-refractivity contribution >= 4 is 18.0 Å². The van der Waals surface area contributed by atoms with Gasteiger partial charge in [0.1, 0.15) is 6.26 Å². The molecule has 0 N–H and O–H groups in total. The Morgan fingerprint density at radius 1 is 1.24 bits per heavy atom. The maximum absolute atomic E-state index is 12.4. The Hall–Kier alpha value is -2.93. The van der Waals surface area contributed by atoms with Crippen LogP contribution in [0, 0.1) is 0 Å². The molecule has 2 aromatic rings. The Morgan fingerprint density at radius 3 is 2.68 bits per heavy atom. The van der Waals surface area contributed by atoms with E-state index in [1.54, 1.807) is 13.2 Å². The van der Waals surface area contributed by atoms with Gasteiger partial charge in [-0.2, -0.15) is 0 Å². The highest BCUT2D eigenvalue weighted by atomic mass is 16.5. The van der Waals surface area contributed by atoms with Gasteiger partial charge in [-0.25, -0.2) is 9.78 Å². The number of oxazole rings is 1. The van der Waals surface area contributed by atoms with Crippen molar-refractivity contribution in [3.63, 3.8) is 0 Å². The number of hydrogen-bond acceptors (Lipinski definition) is 6. The van der Waals surface area contributed by atoms with Crippen molar-refractivity contribution in [3.05, 3.63) is 59.8 Å². The molecule has 0 unspecified atom stereocenters. The molecule has 0 aliphatic carbocycles. The van der Waals surface area contributed by atoms with E-state index in [1.165, 1.54) is 24.3 Å².